The summed E-state index contributed by atoms with van der Waals surface area (Å²) in [5.74, 6) is 0.424. The fourth-order valence-corrected chi connectivity index (χ4v) is 2.89. The lowest BCUT2D eigenvalue weighted by molar-refractivity contribution is 0.758. The Kier molecular flexibility index (Phi) is 3.49. The van der Waals surface area contributed by atoms with Crippen LogP contribution in [0.3, 0.4) is 0 Å². The molecule has 0 saturated carbocycles. The van der Waals surface area contributed by atoms with Gasteiger partial charge in [-0.05, 0) is 23.6 Å². The highest BCUT2D eigenvalue weighted by Gasteiger charge is 2.18. The van der Waals surface area contributed by atoms with E-state index in [1.807, 2.05) is 24.1 Å². The van der Waals surface area contributed by atoms with Crippen molar-refractivity contribution in [2.75, 3.05) is 0 Å². The Morgan fingerprint density at radius 1 is 1.27 bits per heavy atom. The number of pyridine rings is 1. The zero-order valence-electron chi connectivity index (χ0n) is 8.30. The van der Waals surface area contributed by atoms with Gasteiger partial charge in [-0.15, -0.1) is 11.3 Å². The predicted octanol–water partition coefficient (Wildman–Crippen LogP) is 3.78. The van der Waals surface area contributed by atoms with Crippen molar-refractivity contribution in [1.82, 2.24) is 9.97 Å². The van der Waals surface area contributed by atoms with Crippen molar-refractivity contribution in [3.63, 3.8) is 0 Å². The van der Waals surface area contributed by atoms with E-state index in [4.69, 9.17) is 0 Å². The van der Waals surface area contributed by atoms with E-state index in [-0.39, 0.29) is 0 Å². The second-order valence-corrected chi connectivity index (χ2v) is 5.28. The molecule has 2 atom stereocenters. The Morgan fingerprint density at radius 3 is 2.60 bits per heavy atom. The highest BCUT2D eigenvalue weighted by molar-refractivity contribution is 9.09. The molecule has 0 spiro atoms. The highest BCUT2D eigenvalue weighted by atomic mass is 79.9. The predicted molar refractivity (Wildman–Crippen MR) is 66.4 cm³/mol. The third kappa shape index (κ3) is 2.44. The molecule has 0 bridgehead atoms. The molecule has 15 heavy (non-hydrogen) atoms. The minimum atomic E-state index is 0.326. The highest BCUT2D eigenvalue weighted by Crippen LogP contribution is 2.38. The van der Waals surface area contributed by atoms with Gasteiger partial charge in [0.05, 0.1) is 10.3 Å². The fourth-order valence-electron chi connectivity index (χ4n) is 1.44. The second-order valence-electron chi connectivity index (χ2n) is 3.37. The van der Waals surface area contributed by atoms with Crippen LogP contribution in [0.1, 0.15) is 28.1 Å². The first-order valence-corrected chi connectivity index (χ1v) is 6.51. The van der Waals surface area contributed by atoms with Crippen molar-refractivity contribution >= 4 is 27.3 Å². The minimum Gasteiger partial charge on any atom is -0.265 e. The average molecular weight is 283 g/mol. The topological polar surface area (TPSA) is 25.8 Å². The molecule has 78 valence electrons. The zero-order chi connectivity index (χ0) is 10.7. The van der Waals surface area contributed by atoms with Crippen LogP contribution in [0.2, 0.25) is 0 Å². The van der Waals surface area contributed by atoms with Gasteiger partial charge in [-0.2, -0.15) is 0 Å². The number of hydrogen-bond acceptors (Lipinski definition) is 3. The van der Waals surface area contributed by atoms with Crippen LogP contribution >= 0.6 is 27.3 Å². The molecule has 2 aromatic heterocycles. The van der Waals surface area contributed by atoms with Crippen LogP contribution in [0.5, 0.6) is 0 Å². The van der Waals surface area contributed by atoms with Crippen LogP contribution in [0, 0.1) is 0 Å². The van der Waals surface area contributed by atoms with Crippen LogP contribution in [0.15, 0.2) is 36.2 Å². The average Bonchev–Trinajstić information content (AvgIpc) is 2.82. The van der Waals surface area contributed by atoms with E-state index in [9.17, 15) is 0 Å². The number of rotatable bonds is 3. The fraction of sp³-hybridized carbons (Fsp3) is 0.273. The number of aromatic nitrogens is 2. The summed E-state index contributed by atoms with van der Waals surface area (Å²) < 4.78 is 0. The van der Waals surface area contributed by atoms with Crippen LogP contribution in [0.4, 0.5) is 0 Å². The lowest BCUT2D eigenvalue weighted by atomic mass is 9.98. The number of halogens is 1. The Labute approximate surface area is 102 Å². The minimum absolute atomic E-state index is 0.326. The van der Waals surface area contributed by atoms with Crippen molar-refractivity contribution in [3.05, 3.63) is 46.7 Å². The Hall–Kier alpha value is -0.740. The summed E-state index contributed by atoms with van der Waals surface area (Å²) in [5, 5.41) is 0. The van der Waals surface area contributed by atoms with Gasteiger partial charge in [-0.1, -0.05) is 22.9 Å². The first-order valence-electron chi connectivity index (χ1n) is 4.71. The Balaban J connectivity index is 2.18. The van der Waals surface area contributed by atoms with Gasteiger partial charge >= 0.3 is 0 Å². The van der Waals surface area contributed by atoms with Crippen molar-refractivity contribution < 1.29 is 0 Å². The van der Waals surface area contributed by atoms with Gasteiger partial charge in [-0.25, -0.2) is 0 Å². The molecule has 0 aliphatic rings. The summed E-state index contributed by atoms with van der Waals surface area (Å²) in [4.78, 5) is 9.71. The molecule has 0 radical (unpaired) electrons. The van der Waals surface area contributed by atoms with Gasteiger partial charge in [-0.3, -0.25) is 9.97 Å². The Bertz CT molecular complexity index is 402. The molecule has 4 heteroatoms. The first-order chi connectivity index (χ1) is 7.29. The molecule has 2 rings (SSSR count). The van der Waals surface area contributed by atoms with Gasteiger partial charge in [0, 0.05) is 23.5 Å². The smallest absolute Gasteiger partial charge is 0.0794 e. The van der Waals surface area contributed by atoms with E-state index in [1.165, 1.54) is 10.4 Å². The maximum Gasteiger partial charge on any atom is 0.0794 e. The number of thiazole rings is 1. The second kappa shape index (κ2) is 4.86. The summed E-state index contributed by atoms with van der Waals surface area (Å²) in [6, 6.07) is 4.11. The van der Waals surface area contributed by atoms with Crippen LogP contribution < -0.4 is 0 Å². The van der Waals surface area contributed by atoms with E-state index in [1.54, 1.807) is 11.3 Å². The van der Waals surface area contributed by atoms with E-state index in [0.717, 1.165) is 0 Å². The zero-order valence-corrected chi connectivity index (χ0v) is 10.7. The van der Waals surface area contributed by atoms with Crippen molar-refractivity contribution in [3.8, 4) is 0 Å². The lowest BCUT2D eigenvalue weighted by Crippen LogP contribution is -2.00. The molecule has 2 heterocycles. The first kappa shape index (κ1) is 10.8. The molecule has 0 aliphatic heterocycles. The molecule has 0 aromatic carbocycles. The van der Waals surface area contributed by atoms with Gasteiger partial charge in [0.25, 0.3) is 0 Å². The quantitative estimate of drug-likeness (QED) is 0.801. The van der Waals surface area contributed by atoms with Gasteiger partial charge in [0.2, 0.25) is 0 Å². The summed E-state index contributed by atoms with van der Waals surface area (Å²) in [6.45, 7) is 2.20. The van der Waals surface area contributed by atoms with E-state index in [0.29, 0.717) is 10.7 Å². The van der Waals surface area contributed by atoms with Gasteiger partial charge in [0.15, 0.2) is 0 Å². The van der Waals surface area contributed by atoms with E-state index < -0.39 is 0 Å². The third-order valence-corrected chi connectivity index (χ3v) is 4.84. The van der Waals surface area contributed by atoms with Crippen LogP contribution in [0.25, 0.3) is 0 Å². The number of hydrogen-bond donors (Lipinski definition) is 0. The largest absolute Gasteiger partial charge is 0.265 e. The lowest BCUT2D eigenvalue weighted by Gasteiger charge is -2.16. The molecule has 0 fully saturated rings. The normalized spacial score (nSPS) is 14.8. The molecule has 0 saturated heterocycles. The molecule has 2 nitrogen and oxygen atoms in total. The van der Waals surface area contributed by atoms with Crippen LogP contribution in [-0.4, -0.2) is 9.97 Å². The van der Waals surface area contributed by atoms with Crippen LogP contribution in [-0.2, 0) is 0 Å². The maximum atomic E-state index is 4.10. The van der Waals surface area contributed by atoms with Gasteiger partial charge < -0.3 is 0 Å². The molecule has 0 aliphatic carbocycles. The molecule has 2 aromatic rings. The standard InChI is InChI=1S/C11H11BrN2S/c1-8(9-2-4-13-5-3-9)11(12)10-6-14-7-15-10/h2-8,11H,1H3. The van der Waals surface area contributed by atoms with Gasteiger partial charge in [0.1, 0.15) is 0 Å². The molecule has 2 unspecified atom stereocenters. The van der Waals surface area contributed by atoms with E-state index in [2.05, 4.69) is 45.0 Å². The molecule has 0 N–H and O–H groups in total. The number of nitrogens with zero attached hydrogens (tertiary/aromatic N) is 2. The Morgan fingerprint density at radius 2 is 2.00 bits per heavy atom. The monoisotopic (exact) mass is 282 g/mol. The van der Waals surface area contributed by atoms with Crippen molar-refractivity contribution in [2.45, 2.75) is 17.7 Å². The third-order valence-electron chi connectivity index (χ3n) is 2.39. The SMILES string of the molecule is CC(c1ccncc1)C(Br)c1cncs1. The summed E-state index contributed by atoms with van der Waals surface area (Å²) in [6.07, 6.45) is 5.58. The van der Waals surface area contributed by atoms with E-state index >= 15 is 0 Å². The molecular formula is C11H11BrN2S. The summed E-state index contributed by atoms with van der Waals surface area (Å²) in [7, 11) is 0. The summed E-state index contributed by atoms with van der Waals surface area (Å²) >= 11 is 5.40. The summed E-state index contributed by atoms with van der Waals surface area (Å²) in [5.41, 5.74) is 3.16. The van der Waals surface area contributed by atoms with Crippen molar-refractivity contribution in [1.29, 1.82) is 0 Å². The molecule has 0 amide bonds. The maximum absolute atomic E-state index is 4.10. The number of alkyl halides is 1. The van der Waals surface area contributed by atoms with Crippen molar-refractivity contribution in [2.24, 2.45) is 0 Å². The molecular weight excluding hydrogens is 272 g/mol.